The number of aliphatic carboxylic acids is 1. The van der Waals surface area contributed by atoms with Gasteiger partial charge in [-0.05, 0) is 25.5 Å². The standard InChI is InChI=1S/C15H16BrN3O3/c1-15(2,14(21)22)19-9-11(8-17-19)18-13(20)7-10-5-3-4-6-12(10)16/h3-6,8-9H,7H2,1-2H3,(H,18,20)(H,21,22). The van der Waals surface area contributed by atoms with Gasteiger partial charge < -0.3 is 10.4 Å². The maximum absolute atomic E-state index is 12.0. The highest BCUT2D eigenvalue weighted by Crippen LogP contribution is 2.19. The highest BCUT2D eigenvalue weighted by atomic mass is 79.9. The third kappa shape index (κ3) is 3.54. The number of nitrogens with zero attached hydrogens (tertiary/aromatic N) is 2. The first-order chi connectivity index (χ1) is 10.3. The van der Waals surface area contributed by atoms with Gasteiger partial charge in [-0.15, -0.1) is 0 Å². The molecular formula is C15H16BrN3O3. The lowest BCUT2D eigenvalue weighted by Crippen LogP contribution is -2.35. The molecule has 1 aromatic heterocycles. The molecule has 1 heterocycles. The lowest BCUT2D eigenvalue weighted by molar-refractivity contribution is -0.146. The average molecular weight is 366 g/mol. The summed E-state index contributed by atoms with van der Waals surface area (Å²) in [5.41, 5.74) is 0.162. The molecule has 0 atom stereocenters. The van der Waals surface area contributed by atoms with E-state index in [9.17, 15) is 9.59 Å². The molecule has 0 aliphatic heterocycles. The van der Waals surface area contributed by atoms with E-state index in [4.69, 9.17) is 5.11 Å². The van der Waals surface area contributed by atoms with Gasteiger partial charge in [0.2, 0.25) is 5.91 Å². The molecule has 0 radical (unpaired) electrons. The smallest absolute Gasteiger partial charge is 0.331 e. The molecule has 0 aliphatic carbocycles. The van der Waals surface area contributed by atoms with Crippen molar-refractivity contribution in [3.8, 4) is 0 Å². The molecular weight excluding hydrogens is 350 g/mol. The van der Waals surface area contributed by atoms with Crippen LogP contribution in [-0.4, -0.2) is 26.8 Å². The molecule has 0 spiro atoms. The molecule has 22 heavy (non-hydrogen) atoms. The van der Waals surface area contributed by atoms with E-state index in [1.165, 1.54) is 30.9 Å². The number of carbonyl (C=O) groups is 2. The van der Waals surface area contributed by atoms with E-state index < -0.39 is 11.5 Å². The summed E-state index contributed by atoms with van der Waals surface area (Å²) in [6, 6.07) is 7.47. The molecule has 6 nitrogen and oxygen atoms in total. The first kappa shape index (κ1) is 16.2. The Balaban J connectivity index is 2.06. The third-order valence-electron chi connectivity index (χ3n) is 3.27. The van der Waals surface area contributed by atoms with Crippen molar-refractivity contribution in [3.63, 3.8) is 0 Å². The topological polar surface area (TPSA) is 84.2 Å². The van der Waals surface area contributed by atoms with Gasteiger partial charge in [-0.25, -0.2) is 4.79 Å². The van der Waals surface area contributed by atoms with Crippen LogP contribution in [0.5, 0.6) is 0 Å². The Labute approximate surface area is 136 Å². The summed E-state index contributed by atoms with van der Waals surface area (Å²) >= 11 is 3.39. The first-order valence-electron chi connectivity index (χ1n) is 6.62. The van der Waals surface area contributed by atoms with E-state index in [0.717, 1.165) is 10.0 Å². The van der Waals surface area contributed by atoms with Gasteiger partial charge in [0.15, 0.2) is 5.54 Å². The number of hydrogen-bond acceptors (Lipinski definition) is 3. The predicted octanol–water partition coefficient (Wildman–Crippen LogP) is 2.65. The number of anilines is 1. The predicted molar refractivity (Wildman–Crippen MR) is 85.7 cm³/mol. The van der Waals surface area contributed by atoms with Crippen LogP contribution >= 0.6 is 15.9 Å². The Bertz CT molecular complexity index is 710. The normalized spacial score (nSPS) is 11.2. The molecule has 2 N–H and O–H groups in total. The molecule has 1 aromatic carbocycles. The second kappa shape index (κ2) is 6.31. The van der Waals surface area contributed by atoms with Crippen LogP contribution in [0.15, 0.2) is 41.1 Å². The van der Waals surface area contributed by atoms with Crippen molar-refractivity contribution in [2.75, 3.05) is 5.32 Å². The largest absolute Gasteiger partial charge is 0.479 e. The zero-order chi connectivity index (χ0) is 16.3. The van der Waals surface area contributed by atoms with Crippen molar-refractivity contribution in [2.45, 2.75) is 25.8 Å². The van der Waals surface area contributed by atoms with Crippen LogP contribution in [0.2, 0.25) is 0 Å². The number of benzene rings is 1. The third-order valence-corrected chi connectivity index (χ3v) is 4.04. The molecule has 7 heteroatoms. The highest BCUT2D eigenvalue weighted by Gasteiger charge is 2.30. The van der Waals surface area contributed by atoms with Gasteiger partial charge in [-0.1, -0.05) is 34.1 Å². The minimum atomic E-state index is -1.18. The van der Waals surface area contributed by atoms with Crippen molar-refractivity contribution < 1.29 is 14.7 Å². The van der Waals surface area contributed by atoms with Gasteiger partial charge in [0.25, 0.3) is 0 Å². The number of amides is 1. The van der Waals surface area contributed by atoms with E-state index >= 15 is 0 Å². The molecule has 0 saturated carbocycles. The number of aromatic nitrogens is 2. The fraction of sp³-hybridized carbons (Fsp3) is 0.267. The molecule has 1 amide bonds. The number of carboxylic acid groups (broad SMARTS) is 1. The summed E-state index contributed by atoms with van der Waals surface area (Å²) in [6.45, 7) is 3.07. The molecule has 116 valence electrons. The number of hydrogen-bond donors (Lipinski definition) is 2. The van der Waals surface area contributed by atoms with Crippen molar-refractivity contribution in [1.29, 1.82) is 0 Å². The van der Waals surface area contributed by atoms with Gasteiger partial charge in [0, 0.05) is 10.7 Å². The highest BCUT2D eigenvalue weighted by molar-refractivity contribution is 9.10. The van der Waals surface area contributed by atoms with Crippen LogP contribution in [0.3, 0.4) is 0 Å². The van der Waals surface area contributed by atoms with Crippen molar-refractivity contribution in [1.82, 2.24) is 9.78 Å². The zero-order valence-electron chi connectivity index (χ0n) is 12.2. The number of halogens is 1. The minimum Gasteiger partial charge on any atom is -0.479 e. The zero-order valence-corrected chi connectivity index (χ0v) is 13.8. The molecule has 0 unspecified atom stereocenters. The molecule has 2 aromatic rings. The van der Waals surface area contributed by atoms with Crippen LogP contribution in [0.4, 0.5) is 5.69 Å². The fourth-order valence-electron chi connectivity index (χ4n) is 1.81. The lowest BCUT2D eigenvalue weighted by Gasteiger charge is -2.19. The Hall–Kier alpha value is -2.15. The molecule has 0 bridgehead atoms. The van der Waals surface area contributed by atoms with E-state index in [2.05, 4.69) is 26.3 Å². The Morgan fingerprint density at radius 1 is 1.36 bits per heavy atom. The monoisotopic (exact) mass is 365 g/mol. The Morgan fingerprint density at radius 3 is 2.68 bits per heavy atom. The summed E-state index contributed by atoms with van der Waals surface area (Å²) in [6.07, 6.45) is 3.16. The second-order valence-corrected chi connectivity index (χ2v) is 6.21. The molecule has 0 fully saturated rings. The molecule has 0 aliphatic rings. The summed E-state index contributed by atoms with van der Waals surface area (Å²) in [4.78, 5) is 23.2. The van der Waals surface area contributed by atoms with Crippen molar-refractivity contribution in [2.24, 2.45) is 0 Å². The van der Waals surface area contributed by atoms with Crippen molar-refractivity contribution in [3.05, 3.63) is 46.7 Å². The van der Waals surface area contributed by atoms with E-state index in [1.807, 2.05) is 24.3 Å². The van der Waals surface area contributed by atoms with Crippen LogP contribution < -0.4 is 5.32 Å². The van der Waals surface area contributed by atoms with Crippen LogP contribution in [0, 0.1) is 0 Å². The van der Waals surface area contributed by atoms with E-state index in [-0.39, 0.29) is 12.3 Å². The van der Waals surface area contributed by atoms with Gasteiger partial charge in [-0.3, -0.25) is 9.48 Å². The van der Waals surface area contributed by atoms with Crippen LogP contribution in [0.25, 0.3) is 0 Å². The molecule has 2 rings (SSSR count). The van der Waals surface area contributed by atoms with Crippen LogP contribution in [0.1, 0.15) is 19.4 Å². The fourth-order valence-corrected chi connectivity index (χ4v) is 2.24. The maximum atomic E-state index is 12.0. The van der Waals surface area contributed by atoms with Gasteiger partial charge in [0.05, 0.1) is 18.3 Å². The SMILES string of the molecule is CC(C)(C(=O)O)n1cc(NC(=O)Cc2ccccc2Br)cn1. The minimum absolute atomic E-state index is 0.195. The lowest BCUT2D eigenvalue weighted by atomic mass is 10.1. The second-order valence-electron chi connectivity index (χ2n) is 5.35. The average Bonchev–Trinajstić information content (AvgIpc) is 2.90. The maximum Gasteiger partial charge on any atom is 0.331 e. The van der Waals surface area contributed by atoms with Crippen LogP contribution in [-0.2, 0) is 21.5 Å². The Kier molecular flexibility index (Phi) is 4.65. The number of carbonyl (C=O) groups excluding carboxylic acids is 1. The molecule has 0 saturated heterocycles. The van der Waals surface area contributed by atoms with Gasteiger partial charge >= 0.3 is 5.97 Å². The number of nitrogens with one attached hydrogen (secondary N) is 1. The first-order valence-corrected chi connectivity index (χ1v) is 7.42. The van der Waals surface area contributed by atoms with E-state index in [1.54, 1.807) is 0 Å². The Morgan fingerprint density at radius 2 is 2.05 bits per heavy atom. The quantitative estimate of drug-likeness (QED) is 0.852. The van der Waals surface area contributed by atoms with Crippen molar-refractivity contribution >= 4 is 33.5 Å². The summed E-state index contributed by atoms with van der Waals surface area (Å²) in [5, 5.41) is 15.9. The summed E-state index contributed by atoms with van der Waals surface area (Å²) < 4.78 is 2.18. The van der Waals surface area contributed by atoms with Gasteiger partial charge in [0.1, 0.15) is 0 Å². The summed E-state index contributed by atoms with van der Waals surface area (Å²) in [5.74, 6) is -1.19. The summed E-state index contributed by atoms with van der Waals surface area (Å²) in [7, 11) is 0. The number of rotatable bonds is 5. The number of carboxylic acids is 1. The van der Waals surface area contributed by atoms with E-state index in [0.29, 0.717) is 5.69 Å². The van der Waals surface area contributed by atoms with Gasteiger partial charge in [-0.2, -0.15) is 5.10 Å².